The van der Waals surface area contributed by atoms with E-state index >= 15 is 0 Å². The van der Waals surface area contributed by atoms with Crippen LogP contribution in [-0.4, -0.2) is 11.4 Å². The third-order valence-corrected chi connectivity index (χ3v) is 1.90. The molecule has 68 valence electrons. The summed E-state index contributed by atoms with van der Waals surface area (Å²) in [6.45, 7) is 3.62. The standard InChI is InChI=1S/C11H12O2/c1-2-3-10-6-9(7-12)4-5-11(10)8-13/h2,4-7,13H,1,3,8H2. The molecule has 0 aliphatic carbocycles. The van der Waals surface area contributed by atoms with Gasteiger partial charge in [0.25, 0.3) is 0 Å². The molecule has 0 fully saturated rings. The highest BCUT2D eigenvalue weighted by Gasteiger charge is 2.00. The van der Waals surface area contributed by atoms with Gasteiger partial charge in [0.2, 0.25) is 0 Å². The number of aliphatic hydroxyl groups is 1. The second-order valence-electron chi connectivity index (χ2n) is 2.80. The first-order valence-electron chi connectivity index (χ1n) is 4.10. The van der Waals surface area contributed by atoms with Crippen LogP contribution in [-0.2, 0) is 13.0 Å². The fourth-order valence-corrected chi connectivity index (χ4v) is 1.22. The van der Waals surface area contributed by atoms with Crippen molar-refractivity contribution in [1.82, 2.24) is 0 Å². The van der Waals surface area contributed by atoms with Gasteiger partial charge in [0, 0.05) is 5.56 Å². The van der Waals surface area contributed by atoms with Gasteiger partial charge in [-0.3, -0.25) is 4.79 Å². The second-order valence-corrected chi connectivity index (χ2v) is 2.80. The van der Waals surface area contributed by atoms with Crippen LogP contribution in [0.15, 0.2) is 30.9 Å². The van der Waals surface area contributed by atoms with Gasteiger partial charge in [0.05, 0.1) is 6.61 Å². The quantitative estimate of drug-likeness (QED) is 0.560. The normalized spacial score (nSPS) is 9.62. The summed E-state index contributed by atoms with van der Waals surface area (Å²) in [4.78, 5) is 10.5. The van der Waals surface area contributed by atoms with Crippen molar-refractivity contribution in [2.24, 2.45) is 0 Å². The van der Waals surface area contributed by atoms with Crippen LogP contribution in [0.4, 0.5) is 0 Å². The maximum atomic E-state index is 10.5. The van der Waals surface area contributed by atoms with Gasteiger partial charge in [-0.25, -0.2) is 0 Å². The van der Waals surface area contributed by atoms with Crippen molar-refractivity contribution < 1.29 is 9.90 Å². The monoisotopic (exact) mass is 176 g/mol. The van der Waals surface area contributed by atoms with Crippen molar-refractivity contribution >= 4 is 6.29 Å². The molecular weight excluding hydrogens is 164 g/mol. The van der Waals surface area contributed by atoms with Crippen molar-refractivity contribution in [3.63, 3.8) is 0 Å². The third kappa shape index (κ3) is 2.26. The molecule has 0 amide bonds. The van der Waals surface area contributed by atoms with Crippen LogP contribution in [0.3, 0.4) is 0 Å². The molecule has 2 heteroatoms. The topological polar surface area (TPSA) is 37.3 Å². The number of hydrogen-bond donors (Lipinski definition) is 1. The molecule has 0 aliphatic rings. The molecular formula is C11H12O2. The molecule has 0 saturated carbocycles. The smallest absolute Gasteiger partial charge is 0.150 e. The molecule has 1 aromatic carbocycles. The lowest BCUT2D eigenvalue weighted by molar-refractivity contribution is 0.112. The number of benzene rings is 1. The zero-order valence-electron chi connectivity index (χ0n) is 7.36. The predicted molar refractivity (Wildman–Crippen MR) is 51.7 cm³/mol. The lowest BCUT2D eigenvalue weighted by Gasteiger charge is -2.04. The number of aliphatic hydroxyl groups excluding tert-OH is 1. The Hall–Kier alpha value is -1.41. The first-order valence-corrected chi connectivity index (χ1v) is 4.10. The lowest BCUT2D eigenvalue weighted by atomic mass is 10.0. The minimum absolute atomic E-state index is 0.00229. The Kier molecular flexibility index (Phi) is 3.41. The molecule has 0 bridgehead atoms. The largest absolute Gasteiger partial charge is 0.392 e. The molecule has 0 heterocycles. The number of carbonyl (C=O) groups excluding carboxylic acids is 1. The zero-order chi connectivity index (χ0) is 9.68. The highest BCUT2D eigenvalue weighted by atomic mass is 16.3. The van der Waals surface area contributed by atoms with Gasteiger partial charge < -0.3 is 5.11 Å². The number of hydrogen-bond acceptors (Lipinski definition) is 2. The van der Waals surface area contributed by atoms with E-state index < -0.39 is 0 Å². The predicted octanol–water partition coefficient (Wildman–Crippen LogP) is 1.72. The van der Waals surface area contributed by atoms with Crippen LogP contribution in [0.2, 0.25) is 0 Å². The molecule has 0 saturated heterocycles. The van der Waals surface area contributed by atoms with Crippen molar-refractivity contribution in [1.29, 1.82) is 0 Å². The first-order chi connectivity index (χ1) is 6.31. The van der Waals surface area contributed by atoms with Crippen LogP contribution in [0.25, 0.3) is 0 Å². The average Bonchev–Trinajstić information content (AvgIpc) is 2.18. The van der Waals surface area contributed by atoms with Gasteiger partial charge in [-0.2, -0.15) is 0 Å². The molecule has 0 aromatic heterocycles. The Morgan fingerprint density at radius 1 is 1.38 bits per heavy atom. The SMILES string of the molecule is C=CCc1cc(C=O)ccc1CO. The molecule has 0 unspecified atom stereocenters. The van der Waals surface area contributed by atoms with Gasteiger partial charge in [-0.15, -0.1) is 6.58 Å². The fourth-order valence-electron chi connectivity index (χ4n) is 1.22. The number of carbonyl (C=O) groups is 1. The van der Waals surface area contributed by atoms with Crippen molar-refractivity contribution in [2.75, 3.05) is 0 Å². The summed E-state index contributed by atoms with van der Waals surface area (Å²) in [6.07, 6.45) is 3.23. The van der Waals surface area contributed by atoms with Gasteiger partial charge in [-0.05, 0) is 23.6 Å². The summed E-state index contributed by atoms with van der Waals surface area (Å²) in [5, 5.41) is 8.99. The number of rotatable bonds is 4. The molecule has 1 N–H and O–H groups in total. The Morgan fingerprint density at radius 2 is 2.15 bits per heavy atom. The fraction of sp³-hybridized carbons (Fsp3) is 0.182. The summed E-state index contributed by atoms with van der Waals surface area (Å²) in [6, 6.07) is 5.24. The minimum Gasteiger partial charge on any atom is -0.392 e. The van der Waals surface area contributed by atoms with E-state index in [1.165, 1.54) is 0 Å². The molecule has 0 aliphatic heterocycles. The van der Waals surface area contributed by atoms with Crippen molar-refractivity contribution in [3.8, 4) is 0 Å². The van der Waals surface area contributed by atoms with Crippen LogP contribution in [0, 0.1) is 0 Å². The Balaban J connectivity index is 3.08. The Bertz CT molecular complexity index is 316. The molecule has 13 heavy (non-hydrogen) atoms. The summed E-state index contributed by atoms with van der Waals surface area (Å²) in [5.74, 6) is 0. The highest BCUT2D eigenvalue weighted by Crippen LogP contribution is 2.12. The van der Waals surface area contributed by atoms with Crippen molar-refractivity contribution in [2.45, 2.75) is 13.0 Å². The number of aldehydes is 1. The molecule has 2 nitrogen and oxygen atoms in total. The zero-order valence-corrected chi connectivity index (χ0v) is 7.36. The summed E-state index contributed by atoms with van der Waals surface area (Å²) in [5.41, 5.74) is 2.45. The van der Waals surface area contributed by atoms with Crippen LogP contribution >= 0.6 is 0 Å². The van der Waals surface area contributed by atoms with Gasteiger partial charge in [0.15, 0.2) is 0 Å². The minimum atomic E-state index is 0.00229. The molecule has 0 atom stereocenters. The van der Waals surface area contributed by atoms with E-state index in [1.54, 1.807) is 24.3 Å². The first kappa shape index (κ1) is 9.68. The number of allylic oxidation sites excluding steroid dienone is 1. The average molecular weight is 176 g/mol. The van der Waals surface area contributed by atoms with E-state index in [-0.39, 0.29) is 6.61 Å². The van der Waals surface area contributed by atoms with E-state index in [2.05, 4.69) is 6.58 Å². The molecule has 0 radical (unpaired) electrons. The Labute approximate surface area is 77.5 Å². The Morgan fingerprint density at radius 3 is 2.69 bits per heavy atom. The van der Waals surface area contributed by atoms with E-state index in [9.17, 15) is 4.79 Å². The molecule has 1 rings (SSSR count). The summed E-state index contributed by atoms with van der Waals surface area (Å²) < 4.78 is 0. The molecule has 1 aromatic rings. The van der Waals surface area contributed by atoms with E-state index in [0.717, 1.165) is 17.4 Å². The van der Waals surface area contributed by atoms with E-state index in [1.807, 2.05) is 0 Å². The molecule has 0 spiro atoms. The van der Waals surface area contributed by atoms with Gasteiger partial charge >= 0.3 is 0 Å². The van der Waals surface area contributed by atoms with Gasteiger partial charge in [0.1, 0.15) is 6.29 Å². The van der Waals surface area contributed by atoms with Crippen LogP contribution < -0.4 is 0 Å². The van der Waals surface area contributed by atoms with Crippen LogP contribution in [0.1, 0.15) is 21.5 Å². The maximum absolute atomic E-state index is 10.5. The van der Waals surface area contributed by atoms with Gasteiger partial charge in [-0.1, -0.05) is 18.2 Å². The lowest BCUT2D eigenvalue weighted by Crippen LogP contribution is -1.94. The van der Waals surface area contributed by atoms with E-state index in [4.69, 9.17) is 5.11 Å². The van der Waals surface area contributed by atoms with E-state index in [0.29, 0.717) is 12.0 Å². The maximum Gasteiger partial charge on any atom is 0.150 e. The second kappa shape index (κ2) is 4.58. The highest BCUT2D eigenvalue weighted by molar-refractivity contribution is 5.75. The van der Waals surface area contributed by atoms with Crippen molar-refractivity contribution in [3.05, 3.63) is 47.5 Å². The summed E-state index contributed by atoms with van der Waals surface area (Å²) in [7, 11) is 0. The van der Waals surface area contributed by atoms with Crippen LogP contribution in [0.5, 0.6) is 0 Å². The third-order valence-electron chi connectivity index (χ3n) is 1.90. The summed E-state index contributed by atoms with van der Waals surface area (Å²) >= 11 is 0.